The average Bonchev–Trinajstić information content (AvgIpc) is 1.85. The zero-order chi connectivity index (χ0) is 8.32. The van der Waals surface area contributed by atoms with Crippen LogP contribution in [0.3, 0.4) is 0 Å². The molecule has 3 heteroatoms. The lowest BCUT2D eigenvalue weighted by Gasteiger charge is -2.15. The van der Waals surface area contributed by atoms with Crippen LogP contribution in [0.25, 0.3) is 0 Å². The molecule has 11 heavy (non-hydrogen) atoms. The summed E-state index contributed by atoms with van der Waals surface area (Å²) in [4.78, 5) is 4.35. The largest absolute Gasteiger partial charge is 0.267 e. The summed E-state index contributed by atoms with van der Waals surface area (Å²) >= 11 is 0. The van der Waals surface area contributed by atoms with Crippen LogP contribution in [0, 0.1) is 0 Å². The van der Waals surface area contributed by atoms with Crippen molar-refractivity contribution < 1.29 is 0 Å². The van der Waals surface area contributed by atoms with Gasteiger partial charge in [0.1, 0.15) is 0 Å². The maximum atomic E-state index is 4.35. The first kappa shape index (κ1) is 8.68. The van der Waals surface area contributed by atoms with Crippen molar-refractivity contribution in [3.63, 3.8) is 0 Å². The fraction of sp³-hybridized carbons (Fsp3) is 0.375. The fourth-order valence-electron chi connectivity index (χ4n) is 1.05. The maximum Gasteiger partial charge on any atom is 0.0806 e. The highest BCUT2D eigenvalue weighted by Gasteiger charge is 2.12. The predicted octanol–water partition coefficient (Wildman–Crippen LogP) is -0.603. The first-order valence-electron chi connectivity index (χ1n) is 3.98. The van der Waals surface area contributed by atoms with Crippen LogP contribution in [-0.4, -0.2) is 24.7 Å². The van der Waals surface area contributed by atoms with Crippen molar-refractivity contribution >= 4 is 25.1 Å². The van der Waals surface area contributed by atoms with E-state index in [2.05, 4.69) is 31.0 Å². The molecule has 0 amide bonds. The summed E-state index contributed by atoms with van der Waals surface area (Å²) in [7, 11) is 1.16. The normalized spacial score (nSPS) is 12.9. The molecule has 60 valence electrons. The molecular formula is C8H15NSi2. The highest BCUT2D eigenvalue weighted by atomic mass is 28.2. The Labute approximate surface area is 73.5 Å². The summed E-state index contributed by atoms with van der Waals surface area (Å²) in [5.41, 5.74) is 0. The third kappa shape index (κ3) is 3.48. The number of pyridine rings is 1. The molecule has 0 aliphatic rings. The van der Waals surface area contributed by atoms with E-state index in [1.165, 1.54) is 15.6 Å². The summed E-state index contributed by atoms with van der Waals surface area (Å²) in [5.74, 6) is 0. The quantitative estimate of drug-likeness (QED) is 0.555. The van der Waals surface area contributed by atoms with E-state index in [0.717, 1.165) is 0 Å². The zero-order valence-electron chi connectivity index (χ0n) is 7.46. The molecule has 0 spiro atoms. The van der Waals surface area contributed by atoms with E-state index >= 15 is 0 Å². The first-order chi connectivity index (χ1) is 5.08. The van der Waals surface area contributed by atoms with Crippen molar-refractivity contribution in [1.82, 2.24) is 4.98 Å². The molecule has 0 aliphatic carbocycles. The first-order valence-corrected chi connectivity index (χ1v) is 6.39. The van der Waals surface area contributed by atoms with Gasteiger partial charge in [0.2, 0.25) is 0 Å². The summed E-state index contributed by atoms with van der Waals surface area (Å²) in [6.45, 7) is 4.69. The van der Waals surface area contributed by atoms with E-state index in [4.69, 9.17) is 0 Å². The third-order valence-electron chi connectivity index (χ3n) is 1.44. The van der Waals surface area contributed by atoms with Crippen LogP contribution < -0.4 is 5.32 Å². The van der Waals surface area contributed by atoms with Crippen molar-refractivity contribution in [1.29, 1.82) is 0 Å². The molecule has 1 nitrogen and oxygen atoms in total. The van der Waals surface area contributed by atoms with Crippen LogP contribution >= 0.6 is 0 Å². The summed E-state index contributed by atoms with van der Waals surface area (Å²) in [6.07, 6.45) is 1.90. The van der Waals surface area contributed by atoms with Crippen molar-refractivity contribution in [3.8, 4) is 0 Å². The molecule has 0 atom stereocenters. The lowest BCUT2D eigenvalue weighted by atomic mass is 10.5. The summed E-state index contributed by atoms with van der Waals surface area (Å²) in [5, 5.41) is 1.35. The molecule has 0 unspecified atom stereocenters. The summed E-state index contributed by atoms with van der Waals surface area (Å²) in [6, 6.07) is 6.23. The van der Waals surface area contributed by atoms with E-state index in [-0.39, 0.29) is 9.52 Å². The minimum Gasteiger partial charge on any atom is -0.267 e. The average molecular weight is 181 g/mol. The van der Waals surface area contributed by atoms with Crippen molar-refractivity contribution in [2.24, 2.45) is 0 Å². The molecular weight excluding hydrogens is 166 g/mol. The molecule has 0 N–H and O–H groups in total. The van der Waals surface area contributed by atoms with Gasteiger partial charge in [-0.05, 0) is 12.1 Å². The third-order valence-corrected chi connectivity index (χ3v) is 4.34. The molecule has 1 aromatic heterocycles. The second kappa shape index (κ2) is 3.32. The standard InChI is InChI=1S/C8H15NSi2/c1-8(2,10)11-7-5-3-4-6-9-7/h3-6H,11H2,1-2,10H3. The van der Waals surface area contributed by atoms with Crippen LogP contribution in [0.15, 0.2) is 24.4 Å². The second-order valence-corrected chi connectivity index (χ2v) is 11.4. The maximum absolute atomic E-state index is 4.35. The monoisotopic (exact) mass is 181 g/mol. The highest BCUT2D eigenvalue weighted by Crippen LogP contribution is 2.13. The van der Waals surface area contributed by atoms with Crippen LogP contribution in [0.5, 0.6) is 0 Å². The van der Waals surface area contributed by atoms with Gasteiger partial charge < -0.3 is 0 Å². The molecule has 1 aromatic rings. The lowest BCUT2D eigenvalue weighted by molar-refractivity contribution is 0.959. The Morgan fingerprint density at radius 1 is 1.45 bits per heavy atom. The number of hydrogen-bond acceptors (Lipinski definition) is 1. The smallest absolute Gasteiger partial charge is 0.0806 e. The van der Waals surface area contributed by atoms with E-state index in [0.29, 0.717) is 4.66 Å². The molecule has 1 heterocycles. The Kier molecular flexibility index (Phi) is 2.62. The number of aromatic nitrogens is 1. The molecule has 0 aliphatic heterocycles. The van der Waals surface area contributed by atoms with E-state index in [9.17, 15) is 0 Å². The Hall–Kier alpha value is -0.416. The van der Waals surface area contributed by atoms with Crippen LogP contribution in [0.2, 0.25) is 4.66 Å². The Balaban J connectivity index is 2.66. The van der Waals surface area contributed by atoms with Crippen LogP contribution in [0.1, 0.15) is 13.8 Å². The number of rotatable bonds is 2. The van der Waals surface area contributed by atoms with Crippen molar-refractivity contribution in [2.75, 3.05) is 0 Å². The van der Waals surface area contributed by atoms with E-state index in [1.807, 2.05) is 12.3 Å². The van der Waals surface area contributed by atoms with Gasteiger partial charge in [-0.1, -0.05) is 24.6 Å². The molecule has 1 rings (SSSR count). The van der Waals surface area contributed by atoms with Gasteiger partial charge in [-0.2, -0.15) is 0 Å². The van der Waals surface area contributed by atoms with Gasteiger partial charge in [0.25, 0.3) is 0 Å². The zero-order valence-corrected chi connectivity index (χ0v) is 10.9. The van der Waals surface area contributed by atoms with E-state index < -0.39 is 0 Å². The predicted molar refractivity (Wildman–Crippen MR) is 56.4 cm³/mol. The highest BCUT2D eigenvalue weighted by molar-refractivity contribution is 6.64. The van der Waals surface area contributed by atoms with Crippen molar-refractivity contribution in [2.45, 2.75) is 18.5 Å². The topological polar surface area (TPSA) is 12.9 Å². The Morgan fingerprint density at radius 3 is 2.64 bits per heavy atom. The molecule has 0 radical (unpaired) electrons. The number of hydrogen-bond donors (Lipinski definition) is 0. The van der Waals surface area contributed by atoms with E-state index in [1.54, 1.807) is 0 Å². The van der Waals surface area contributed by atoms with Gasteiger partial charge in [-0.25, -0.2) is 0 Å². The Bertz CT molecular complexity index is 215. The minimum absolute atomic E-state index is 0.122. The SMILES string of the molecule is CC(C)([SiH3])[SiH2]c1ccccn1. The second-order valence-electron chi connectivity index (χ2n) is 4.06. The van der Waals surface area contributed by atoms with Gasteiger partial charge in [0.05, 0.1) is 9.52 Å². The Morgan fingerprint density at radius 2 is 2.18 bits per heavy atom. The lowest BCUT2D eigenvalue weighted by Crippen LogP contribution is -2.27. The van der Waals surface area contributed by atoms with Gasteiger partial charge in [-0.15, -0.1) is 0 Å². The molecule has 0 saturated carbocycles. The molecule has 0 aromatic carbocycles. The molecule has 0 bridgehead atoms. The minimum atomic E-state index is -0.122. The number of nitrogens with zero attached hydrogens (tertiary/aromatic N) is 1. The summed E-state index contributed by atoms with van der Waals surface area (Å²) < 4.78 is 0.619. The van der Waals surface area contributed by atoms with Gasteiger partial charge in [-0.3, -0.25) is 4.98 Å². The molecule has 0 fully saturated rings. The van der Waals surface area contributed by atoms with Crippen LogP contribution in [-0.2, 0) is 0 Å². The van der Waals surface area contributed by atoms with Gasteiger partial charge in [0.15, 0.2) is 0 Å². The van der Waals surface area contributed by atoms with Crippen LogP contribution in [0.4, 0.5) is 0 Å². The fourth-order valence-corrected chi connectivity index (χ4v) is 3.67. The van der Waals surface area contributed by atoms with Gasteiger partial charge >= 0.3 is 0 Å². The molecule has 0 saturated heterocycles. The van der Waals surface area contributed by atoms with Gasteiger partial charge in [0, 0.05) is 21.8 Å². The van der Waals surface area contributed by atoms with Crippen molar-refractivity contribution in [3.05, 3.63) is 24.4 Å².